The minimum atomic E-state index is -3.71. The smallest absolute Gasteiger partial charge is 0.211 e. The van der Waals surface area contributed by atoms with Gasteiger partial charge < -0.3 is 0 Å². The lowest BCUT2D eigenvalue weighted by molar-refractivity contribution is 0.578. The normalized spacial score (nSPS) is 15.3. The van der Waals surface area contributed by atoms with Crippen molar-refractivity contribution in [3.63, 3.8) is 0 Å². The molecule has 1 aliphatic carbocycles. The topological polar surface area (TPSA) is 70.0 Å². The van der Waals surface area contributed by atoms with E-state index in [1.165, 1.54) is 18.1 Å². The first-order chi connectivity index (χ1) is 10.0. The fraction of sp³-hybridized carbons (Fsp3) is 0.400. The zero-order valence-corrected chi connectivity index (χ0v) is 12.4. The van der Waals surface area contributed by atoms with Crippen molar-refractivity contribution in [3.05, 3.63) is 41.2 Å². The third-order valence-electron chi connectivity index (χ3n) is 3.49. The fourth-order valence-corrected chi connectivity index (χ4v) is 3.38. The Bertz CT molecular complexity index is 690. The number of nitriles is 1. The first kappa shape index (κ1) is 15.7. The molecule has 0 amide bonds. The lowest BCUT2D eigenvalue weighted by Gasteiger charge is -2.13. The minimum Gasteiger partial charge on any atom is -0.211 e. The molecule has 1 aromatic carbocycles. The molecular formula is C15H17FN2O2S. The largest absolute Gasteiger partial charge is 0.240 e. The number of hydrogen-bond acceptors (Lipinski definition) is 3. The molecule has 0 unspecified atom stereocenters. The summed E-state index contributed by atoms with van der Waals surface area (Å²) in [4.78, 5) is -0.0851. The fourth-order valence-electron chi connectivity index (χ4n) is 2.32. The summed E-state index contributed by atoms with van der Waals surface area (Å²) >= 11 is 0. The SMILES string of the molecule is N#Cc1cc(S(=O)(=O)NCCC2=CCCCC2)ccc1F. The molecule has 4 nitrogen and oxygen atoms in total. The summed E-state index contributed by atoms with van der Waals surface area (Å²) in [5.74, 6) is -0.719. The average molecular weight is 308 g/mol. The van der Waals surface area contributed by atoms with Crippen LogP contribution in [0.3, 0.4) is 0 Å². The highest BCUT2D eigenvalue weighted by Crippen LogP contribution is 2.20. The monoisotopic (exact) mass is 308 g/mol. The van der Waals surface area contributed by atoms with Gasteiger partial charge in [0.1, 0.15) is 11.9 Å². The van der Waals surface area contributed by atoms with Crippen molar-refractivity contribution in [2.24, 2.45) is 0 Å². The highest BCUT2D eigenvalue weighted by atomic mass is 32.2. The van der Waals surface area contributed by atoms with Crippen LogP contribution in [0.25, 0.3) is 0 Å². The molecule has 1 aromatic rings. The van der Waals surface area contributed by atoms with Gasteiger partial charge in [0.05, 0.1) is 10.5 Å². The van der Waals surface area contributed by atoms with Gasteiger partial charge in [0.15, 0.2) is 0 Å². The van der Waals surface area contributed by atoms with E-state index in [0.717, 1.165) is 31.4 Å². The summed E-state index contributed by atoms with van der Waals surface area (Å²) in [7, 11) is -3.71. The number of allylic oxidation sites excluding steroid dienone is 1. The molecule has 1 aliphatic rings. The van der Waals surface area contributed by atoms with E-state index < -0.39 is 15.8 Å². The predicted molar refractivity (Wildman–Crippen MR) is 77.5 cm³/mol. The van der Waals surface area contributed by atoms with Crippen LogP contribution in [-0.4, -0.2) is 15.0 Å². The van der Waals surface area contributed by atoms with Crippen LogP contribution in [0.4, 0.5) is 4.39 Å². The number of halogens is 1. The molecule has 0 saturated heterocycles. The summed E-state index contributed by atoms with van der Waals surface area (Å²) in [6.45, 7) is 0.313. The maximum absolute atomic E-state index is 13.2. The van der Waals surface area contributed by atoms with Crippen LogP contribution in [-0.2, 0) is 10.0 Å². The van der Waals surface area contributed by atoms with E-state index in [-0.39, 0.29) is 10.5 Å². The zero-order chi connectivity index (χ0) is 15.3. The second kappa shape index (κ2) is 6.83. The molecule has 0 spiro atoms. The van der Waals surface area contributed by atoms with Crippen molar-refractivity contribution in [2.75, 3.05) is 6.54 Å². The van der Waals surface area contributed by atoms with Gasteiger partial charge in [-0.3, -0.25) is 0 Å². The molecule has 0 heterocycles. The zero-order valence-electron chi connectivity index (χ0n) is 11.6. The Labute approximate surface area is 124 Å². The van der Waals surface area contributed by atoms with Crippen molar-refractivity contribution in [1.82, 2.24) is 4.72 Å². The van der Waals surface area contributed by atoms with E-state index in [1.54, 1.807) is 6.07 Å². The van der Waals surface area contributed by atoms with Gasteiger partial charge in [0.2, 0.25) is 10.0 Å². The van der Waals surface area contributed by atoms with Crippen LogP contribution < -0.4 is 4.72 Å². The molecule has 0 fully saturated rings. The van der Waals surface area contributed by atoms with Gasteiger partial charge in [-0.25, -0.2) is 17.5 Å². The molecule has 0 atom stereocenters. The summed E-state index contributed by atoms with van der Waals surface area (Å²) in [5.41, 5.74) is 1.01. The molecule has 1 N–H and O–H groups in total. The summed E-state index contributed by atoms with van der Waals surface area (Å²) in [6.07, 6.45) is 7.29. The molecule has 112 valence electrons. The number of sulfonamides is 1. The maximum atomic E-state index is 13.2. The number of nitrogens with one attached hydrogen (secondary N) is 1. The van der Waals surface area contributed by atoms with Crippen LogP contribution in [0.15, 0.2) is 34.7 Å². The van der Waals surface area contributed by atoms with E-state index in [2.05, 4.69) is 10.8 Å². The Morgan fingerprint density at radius 3 is 2.81 bits per heavy atom. The average Bonchev–Trinajstić information content (AvgIpc) is 2.48. The Balaban J connectivity index is 2.01. The maximum Gasteiger partial charge on any atom is 0.240 e. The van der Waals surface area contributed by atoms with Crippen LogP contribution in [0.2, 0.25) is 0 Å². The standard InChI is InChI=1S/C15H17FN2O2S/c16-15-7-6-14(10-13(15)11-17)21(19,20)18-9-8-12-4-2-1-3-5-12/h4,6-7,10,18H,1-3,5,8-9H2. The van der Waals surface area contributed by atoms with E-state index in [0.29, 0.717) is 13.0 Å². The summed E-state index contributed by atoms with van der Waals surface area (Å²) < 4.78 is 39.9. The van der Waals surface area contributed by atoms with Crippen molar-refractivity contribution >= 4 is 10.0 Å². The Kier molecular flexibility index (Phi) is 5.10. The molecule has 21 heavy (non-hydrogen) atoms. The lowest BCUT2D eigenvalue weighted by Crippen LogP contribution is -2.25. The van der Waals surface area contributed by atoms with Gasteiger partial charge in [0.25, 0.3) is 0 Å². The van der Waals surface area contributed by atoms with Gasteiger partial charge >= 0.3 is 0 Å². The van der Waals surface area contributed by atoms with Crippen LogP contribution in [0.1, 0.15) is 37.7 Å². The number of rotatable bonds is 5. The summed E-state index contributed by atoms with van der Waals surface area (Å²) in [5, 5.41) is 8.74. The van der Waals surface area contributed by atoms with Gasteiger partial charge in [0, 0.05) is 6.54 Å². The third kappa shape index (κ3) is 4.13. The van der Waals surface area contributed by atoms with E-state index in [1.807, 2.05) is 0 Å². The molecule has 0 saturated carbocycles. The van der Waals surface area contributed by atoms with E-state index in [4.69, 9.17) is 5.26 Å². The molecule has 0 aliphatic heterocycles. The van der Waals surface area contributed by atoms with Crippen molar-refractivity contribution in [3.8, 4) is 6.07 Å². The van der Waals surface area contributed by atoms with Crippen LogP contribution in [0.5, 0.6) is 0 Å². The van der Waals surface area contributed by atoms with Gasteiger partial charge in [-0.1, -0.05) is 11.6 Å². The minimum absolute atomic E-state index is 0.0851. The lowest BCUT2D eigenvalue weighted by atomic mass is 9.97. The Hall–Kier alpha value is -1.71. The molecule has 6 heteroatoms. The third-order valence-corrected chi connectivity index (χ3v) is 4.95. The summed E-state index contributed by atoms with van der Waals surface area (Å²) in [6, 6.07) is 4.85. The van der Waals surface area contributed by atoms with Crippen molar-refractivity contribution in [2.45, 2.75) is 37.0 Å². The number of hydrogen-bond donors (Lipinski definition) is 1. The molecule has 0 radical (unpaired) electrons. The molecular weight excluding hydrogens is 291 g/mol. The van der Waals surface area contributed by atoms with Gasteiger partial charge in [-0.05, 0) is 50.3 Å². The first-order valence-corrected chi connectivity index (χ1v) is 8.38. The first-order valence-electron chi connectivity index (χ1n) is 6.90. The van der Waals surface area contributed by atoms with E-state index >= 15 is 0 Å². The van der Waals surface area contributed by atoms with Gasteiger partial charge in [-0.2, -0.15) is 5.26 Å². The highest BCUT2D eigenvalue weighted by Gasteiger charge is 2.16. The Morgan fingerprint density at radius 2 is 2.14 bits per heavy atom. The quantitative estimate of drug-likeness (QED) is 0.850. The Morgan fingerprint density at radius 1 is 1.33 bits per heavy atom. The molecule has 2 rings (SSSR count). The number of benzene rings is 1. The van der Waals surface area contributed by atoms with Crippen molar-refractivity contribution < 1.29 is 12.8 Å². The number of nitrogens with zero attached hydrogens (tertiary/aromatic N) is 1. The van der Waals surface area contributed by atoms with E-state index in [9.17, 15) is 12.8 Å². The molecule has 0 bridgehead atoms. The van der Waals surface area contributed by atoms with Crippen molar-refractivity contribution in [1.29, 1.82) is 5.26 Å². The second-order valence-corrected chi connectivity index (χ2v) is 6.78. The second-order valence-electron chi connectivity index (χ2n) is 5.01. The van der Waals surface area contributed by atoms with Crippen LogP contribution >= 0.6 is 0 Å². The molecule has 0 aromatic heterocycles. The predicted octanol–water partition coefficient (Wildman–Crippen LogP) is 2.87. The highest BCUT2D eigenvalue weighted by molar-refractivity contribution is 7.89. The van der Waals surface area contributed by atoms with Gasteiger partial charge in [-0.15, -0.1) is 0 Å². The van der Waals surface area contributed by atoms with Crippen LogP contribution in [0, 0.1) is 17.1 Å².